The first-order valence-electron chi connectivity index (χ1n) is 6.95. The molecule has 0 aromatic heterocycles. The van der Waals surface area contributed by atoms with Crippen LogP contribution in [0.3, 0.4) is 0 Å². The highest BCUT2D eigenvalue weighted by Crippen LogP contribution is 2.32. The zero-order valence-electron chi connectivity index (χ0n) is 11.6. The fourth-order valence-corrected chi connectivity index (χ4v) is 2.53. The summed E-state index contributed by atoms with van der Waals surface area (Å²) in [6.07, 6.45) is 1.99. The summed E-state index contributed by atoms with van der Waals surface area (Å²) in [5.74, 6) is 1.70. The number of fused-ring (bicyclic) bond motifs is 1. The van der Waals surface area contributed by atoms with Gasteiger partial charge in [0, 0.05) is 6.04 Å². The van der Waals surface area contributed by atoms with E-state index in [1.807, 2.05) is 13.1 Å². The van der Waals surface area contributed by atoms with Gasteiger partial charge in [-0.3, -0.25) is 0 Å². The van der Waals surface area contributed by atoms with Crippen molar-refractivity contribution in [3.8, 4) is 11.5 Å². The van der Waals surface area contributed by atoms with Gasteiger partial charge < -0.3 is 14.8 Å². The van der Waals surface area contributed by atoms with Crippen molar-refractivity contribution >= 4 is 0 Å². The van der Waals surface area contributed by atoms with Gasteiger partial charge in [-0.15, -0.1) is 0 Å². The zero-order valence-corrected chi connectivity index (χ0v) is 11.6. The number of hydrogen-bond donors (Lipinski definition) is 1. The number of benzene rings is 2. The van der Waals surface area contributed by atoms with Crippen LogP contribution >= 0.6 is 0 Å². The van der Waals surface area contributed by atoms with Crippen molar-refractivity contribution in [2.75, 3.05) is 13.8 Å². The maximum Gasteiger partial charge on any atom is 0.231 e. The molecular weight excluding hydrogens is 250 g/mol. The molecule has 0 saturated carbocycles. The summed E-state index contributed by atoms with van der Waals surface area (Å²) in [5, 5.41) is 3.39. The summed E-state index contributed by atoms with van der Waals surface area (Å²) in [5.41, 5.74) is 2.62. The molecule has 2 aromatic carbocycles. The lowest BCUT2D eigenvalue weighted by Gasteiger charge is -2.16. The first kappa shape index (κ1) is 13.0. The van der Waals surface area contributed by atoms with E-state index in [9.17, 15) is 0 Å². The van der Waals surface area contributed by atoms with Crippen molar-refractivity contribution in [3.63, 3.8) is 0 Å². The maximum absolute atomic E-state index is 5.43. The van der Waals surface area contributed by atoms with Gasteiger partial charge in [0.15, 0.2) is 11.5 Å². The molecule has 0 aliphatic carbocycles. The Morgan fingerprint density at radius 1 is 0.950 bits per heavy atom. The summed E-state index contributed by atoms with van der Waals surface area (Å²) >= 11 is 0. The molecule has 0 radical (unpaired) electrons. The topological polar surface area (TPSA) is 30.5 Å². The molecule has 3 nitrogen and oxygen atoms in total. The minimum absolute atomic E-state index is 0.332. The number of ether oxygens (including phenoxy) is 2. The lowest BCUT2D eigenvalue weighted by atomic mass is 9.99. The smallest absolute Gasteiger partial charge is 0.231 e. The molecule has 0 spiro atoms. The standard InChI is InChI=1S/C17H19NO2/c1-18-15(9-13-5-3-2-4-6-13)10-14-7-8-16-17(11-14)20-12-19-16/h2-8,11,15,18H,9-10,12H2,1H3. The normalized spacial score (nSPS) is 14.2. The highest BCUT2D eigenvalue weighted by molar-refractivity contribution is 5.44. The second-order valence-electron chi connectivity index (χ2n) is 5.07. The van der Waals surface area contributed by atoms with E-state index in [1.54, 1.807) is 0 Å². The Balaban J connectivity index is 1.68. The molecule has 0 fully saturated rings. The second kappa shape index (κ2) is 5.97. The first-order valence-corrected chi connectivity index (χ1v) is 6.95. The molecule has 1 aliphatic heterocycles. The van der Waals surface area contributed by atoms with E-state index < -0.39 is 0 Å². The van der Waals surface area contributed by atoms with Crippen LogP contribution < -0.4 is 14.8 Å². The Morgan fingerprint density at radius 3 is 2.50 bits per heavy atom. The van der Waals surface area contributed by atoms with Crippen molar-refractivity contribution in [1.29, 1.82) is 0 Å². The average Bonchev–Trinajstić information content (AvgIpc) is 2.95. The molecular formula is C17H19NO2. The minimum atomic E-state index is 0.332. The van der Waals surface area contributed by atoms with Crippen LogP contribution in [-0.2, 0) is 12.8 Å². The Hall–Kier alpha value is -2.00. The van der Waals surface area contributed by atoms with Gasteiger partial charge in [-0.05, 0) is 43.1 Å². The van der Waals surface area contributed by atoms with Crippen molar-refractivity contribution in [2.45, 2.75) is 18.9 Å². The van der Waals surface area contributed by atoms with Crippen LogP contribution in [0.15, 0.2) is 48.5 Å². The van der Waals surface area contributed by atoms with Gasteiger partial charge in [0.05, 0.1) is 0 Å². The Labute approximate surface area is 119 Å². The molecule has 20 heavy (non-hydrogen) atoms. The van der Waals surface area contributed by atoms with Crippen LogP contribution in [0.5, 0.6) is 11.5 Å². The molecule has 104 valence electrons. The van der Waals surface area contributed by atoms with Crippen molar-refractivity contribution in [1.82, 2.24) is 5.32 Å². The average molecular weight is 269 g/mol. The summed E-state index contributed by atoms with van der Waals surface area (Å²) < 4.78 is 10.8. The number of rotatable bonds is 5. The molecule has 2 aromatic rings. The quantitative estimate of drug-likeness (QED) is 0.905. The molecule has 1 aliphatic rings. The number of nitrogens with one attached hydrogen (secondary N) is 1. The van der Waals surface area contributed by atoms with Crippen LogP contribution in [-0.4, -0.2) is 19.9 Å². The fraction of sp³-hybridized carbons (Fsp3) is 0.294. The SMILES string of the molecule is CNC(Cc1ccccc1)Cc1ccc2c(c1)OCO2. The van der Waals surface area contributed by atoms with Crippen LogP contribution in [0.4, 0.5) is 0 Å². The van der Waals surface area contributed by atoms with Crippen LogP contribution in [0.2, 0.25) is 0 Å². The molecule has 1 heterocycles. The van der Waals surface area contributed by atoms with Gasteiger partial charge in [-0.2, -0.15) is 0 Å². The Morgan fingerprint density at radius 2 is 1.70 bits per heavy atom. The minimum Gasteiger partial charge on any atom is -0.454 e. The summed E-state index contributed by atoms with van der Waals surface area (Å²) in [4.78, 5) is 0. The van der Waals surface area contributed by atoms with Gasteiger partial charge in [0.2, 0.25) is 6.79 Å². The van der Waals surface area contributed by atoms with Gasteiger partial charge in [-0.25, -0.2) is 0 Å². The van der Waals surface area contributed by atoms with E-state index in [1.165, 1.54) is 11.1 Å². The molecule has 1 atom stereocenters. The summed E-state index contributed by atoms with van der Waals surface area (Å²) in [6, 6.07) is 17.2. The number of hydrogen-bond acceptors (Lipinski definition) is 3. The number of likely N-dealkylation sites (N-methyl/N-ethyl adjacent to an activating group) is 1. The third-order valence-corrected chi connectivity index (χ3v) is 3.65. The molecule has 1 N–H and O–H groups in total. The van der Waals surface area contributed by atoms with E-state index in [0.29, 0.717) is 12.8 Å². The molecule has 3 heteroatoms. The predicted octanol–water partition coefficient (Wildman–Crippen LogP) is 2.79. The van der Waals surface area contributed by atoms with E-state index in [2.05, 4.69) is 47.8 Å². The van der Waals surface area contributed by atoms with E-state index in [0.717, 1.165) is 24.3 Å². The summed E-state index contributed by atoms with van der Waals surface area (Å²) in [7, 11) is 2.01. The van der Waals surface area contributed by atoms with Crippen LogP contribution in [0.1, 0.15) is 11.1 Å². The lowest BCUT2D eigenvalue weighted by Crippen LogP contribution is -2.29. The third kappa shape index (κ3) is 2.94. The zero-order chi connectivity index (χ0) is 13.8. The van der Waals surface area contributed by atoms with Crippen LogP contribution in [0, 0.1) is 0 Å². The highest BCUT2D eigenvalue weighted by atomic mass is 16.7. The van der Waals surface area contributed by atoms with Crippen LogP contribution in [0.25, 0.3) is 0 Å². The van der Waals surface area contributed by atoms with Gasteiger partial charge in [-0.1, -0.05) is 36.4 Å². The van der Waals surface area contributed by atoms with Crippen molar-refractivity contribution in [2.24, 2.45) is 0 Å². The van der Waals surface area contributed by atoms with Gasteiger partial charge in [0.25, 0.3) is 0 Å². The lowest BCUT2D eigenvalue weighted by molar-refractivity contribution is 0.174. The second-order valence-corrected chi connectivity index (χ2v) is 5.07. The molecule has 1 unspecified atom stereocenters. The fourth-order valence-electron chi connectivity index (χ4n) is 2.53. The highest BCUT2D eigenvalue weighted by Gasteiger charge is 2.15. The molecule has 0 amide bonds. The first-order chi connectivity index (χ1) is 9.85. The Kier molecular flexibility index (Phi) is 3.88. The Bertz CT molecular complexity index is 568. The van der Waals surface area contributed by atoms with Crippen molar-refractivity contribution in [3.05, 3.63) is 59.7 Å². The van der Waals surface area contributed by atoms with Gasteiger partial charge >= 0.3 is 0 Å². The van der Waals surface area contributed by atoms with E-state index >= 15 is 0 Å². The predicted molar refractivity (Wildman–Crippen MR) is 79.3 cm³/mol. The monoisotopic (exact) mass is 269 g/mol. The molecule has 0 saturated heterocycles. The largest absolute Gasteiger partial charge is 0.454 e. The van der Waals surface area contributed by atoms with E-state index in [4.69, 9.17) is 9.47 Å². The third-order valence-electron chi connectivity index (χ3n) is 3.65. The summed E-state index contributed by atoms with van der Waals surface area (Å²) in [6.45, 7) is 0.332. The van der Waals surface area contributed by atoms with Crippen molar-refractivity contribution < 1.29 is 9.47 Å². The molecule has 3 rings (SSSR count). The van der Waals surface area contributed by atoms with E-state index in [-0.39, 0.29) is 0 Å². The maximum atomic E-state index is 5.43. The molecule has 0 bridgehead atoms. The van der Waals surface area contributed by atoms with Gasteiger partial charge in [0.1, 0.15) is 0 Å².